The molecule has 3 aromatic rings. The third-order valence-corrected chi connectivity index (χ3v) is 6.33. The van der Waals surface area contributed by atoms with Crippen LogP contribution in [0.4, 0.5) is 0 Å². The van der Waals surface area contributed by atoms with Gasteiger partial charge >= 0.3 is 0 Å². The van der Waals surface area contributed by atoms with E-state index >= 15 is 0 Å². The molecule has 0 saturated carbocycles. The van der Waals surface area contributed by atoms with E-state index in [0.29, 0.717) is 21.8 Å². The van der Waals surface area contributed by atoms with Crippen molar-refractivity contribution in [3.8, 4) is 5.75 Å². The van der Waals surface area contributed by atoms with Crippen molar-refractivity contribution in [3.63, 3.8) is 0 Å². The number of rotatable bonds is 8. The molecule has 0 aliphatic carbocycles. The molecule has 0 spiro atoms. The van der Waals surface area contributed by atoms with Crippen LogP contribution < -0.4 is 10.2 Å². The van der Waals surface area contributed by atoms with Crippen molar-refractivity contribution in [2.75, 3.05) is 5.75 Å². The quantitative estimate of drug-likeness (QED) is 0.116. The number of aromatic nitrogens is 2. The van der Waals surface area contributed by atoms with Crippen LogP contribution in [-0.2, 0) is 11.4 Å². The Morgan fingerprint density at radius 2 is 1.91 bits per heavy atom. The molecular formula is C22H19Cl2IN4O2S. The highest BCUT2D eigenvalue weighted by molar-refractivity contribution is 14.1. The number of thioether (sulfide) groups is 1. The van der Waals surface area contributed by atoms with E-state index in [2.05, 4.69) is 43.1 Å². The highest BCUT2D eigenvalue weighted by atomic mass is 127. The summed E-state index contributed by atoms with van der Waals surface area (Å²) in [5.74, 6) is 0.670. The Kier molecular flexibility index (Phi) is 9.15. The van der Waals surface area contributed by atoms with E-state index in [9.17, 15) is 4.79 Å². The van der Waals surface area contributed by atoms with Gasteiger partial charge in [0.25, 0.3) is 5.91 Å². The number of ether oxygens (including phenoxy) is 1. The van der Waals surface area contributed by atoms with E-state index < -0.39 is 0 Å². The third kappa shape index (κ3) is 7.61. The molecule has 1 amide bonds. The number of hydrogen-bond acceptors (Lipinski definition) is 6. The smallest absolute Gasteiger partial charge is 0.250 e. The minimum absolute atomic E-state index is 0.178. The fourth-order valence-corrected chi connectivity index (χ4v) is 4.51. The number of hydrogen-bond donors (Lipinski definition) is 1. The zero-order valence-corrected chi connectivity index (χ0v) is 21.7. The van der Waals surface area contributed by atoms with E-state index in [4.69, 9.17) is 27.9 Å². The normalized spacial score (nSPS) is 11.0. The van der Waals surface area contributed by atoms with Gasteiger partial charge in [0.15, 0.2) is 5.16 Å². The molecule has 1 aromatic heterocycles. The molecule has 0 radical (unpaired) electrons. The van der Waals surface area contributed by atoms with E-state index in [0.717, 1.165) is 31.8 Å². The third-order valence-electron chi connectivity index (χ3n) is 4.05. The number of halogens is 3. The van der Waals surface area contributed by atoms with Crippen molar-refractivity contribution in [1.82, 2.24) is 15.4 Å². The maximum Gasteiger partial charge on any atom is 0.250 e. The molecule has 0 bridgehead atoms. The minimum Gasteiger partial charge on any atom is -0.488 e. The predicted molar refractivity (Wildman–Crippen MR) is 138 cm³/mol. The lowest BCUT2D eigenvalue weighted by molar-refractivity contribution is -0.118. The summed E-state index contributed by atoms with van der Waals surface area (Å²) >= 11 is 15.6. The van der Waals surface area contributed by atoms with Crippen LogP contribution in [0.1, 0.15) is 22.5 Å². The van der Waals surface area contributed by atoms with Crippen LogP contribution in [0.15, 0.2) is 52.7 Å². The van der Waals surface area contributed by atoms with Crippen molar-refractivity contribution in [2.45, 2.75) is 25.6 Å². The first-order valence-electron chi connectivity index (χ1n) is 9.43. The van der Waals surface area contributed by atoms with Gasteiger partial charge in [-0.3, -0.25) is 4.79 Å². The number of carbonyl (C=O) groups excluding carboxylic acids is 1. The summed E-state index contributed by atoms with van der Waals surface area (Å²) in [5, 5.41) is 5.74. The highest BCUT2D eigenvalue weighted by Crippen LogP contribution is 2.26. The van der Waals surface area contributed by atoms with Crippen molar-refractivity contribution in [3.05, 3.63) is 78.6 Å². The summed E-state index contributed by atoms with van der Waals surface area (Å²) in [7, 11) is 0. The molecule has 32 heavy (non-hydrogen) atoms. The molecule has 0 aliphatic rings. The van der Waals surface area contributed by atoms with E-state index in [1.807, 2.05) is 44.2 Å². The molecule has 0 fully saturated rings. The average molecular weight is 601 g/mol. The zero-order chi connectivity index (χ0) is 23.1. The molecule has 6 nitrogen and oxygen atoms in total. The van der Waals surface area contributed by atoms with E-state index in [-0.39, 0.29) is 11.7 Å². The Balaban J connectivity index is 1.50. The Hall–Kier alpha value is -1.88. The average Bonchev–Trinajstić information content (AvgIpc) is 2.72. The van der Waals surface area contributed by atoms with Gasteiger partial charge in [0.05, 0.1) is 15.5 Å². The van der Waals surface area contributed by atoms with Gasteiger partial charge < -0.3 is 4.74 Å². The van der Waals surface area contributed by atoms with E-state index in [1.165, 1.54) is 11.8 Å². The summed E-state index contributed by atoms with van der Waals surface area (Å²) in [5.41, 5.74) is 5.94. The standard InChI is InChI=1S/C22H19Cl2IN4O2S/c1-13-7-14(2)28-22(27-13)32-12-21(30)29-26-10-15-3-6-20(19(25)8-15)31-11-16-4-5-17(23)9-18(16)24/h3-10H,11-12H2,1-2H3,(H,29,30)/b26-10-. The molecule has 0 unspecified atom stereocenters. The number of benzene rings is 2. The first-order valence-corrected chi connectivity index (χ1v) is 12.3. The monoisotopic (exact) mass is 600 g/mol. The molecule has 0 atom stereocenters. The fourth-order valence-electron chi connectivity index (χ4n) is 2.61. The lowest BCUT2D eigenvalue weighted by atomic mass is 10.2. The molecule has 0 saturated heterocycles. The lowest BCUT2D eigenvalue weighted by Crippen LogP contribution is -2.19. The summed E-state index contributed by atoms with van der Waals surface area (Å²) in [6.45, 7) is 4.12. The summed E-state index contributed by atoms with van der Waals surface area (Å²) in [6.07, 6.45) is 1.58. The van der Waals surface area contributed by atoms with Crippen LogP contribution in [0.2, 0.25) is 10.0 Å². The molecular weight excluding hydrogens is 582 g/mol. The Bertz CT molecular complexity index is 1140. The molecule has 2 aromatic carbocycles. The summed E-state index contributed by atoms with van der Waals surface area (Å²) in [4.78, 5) is 20.6. The molecule has 166 valence electrons. The second-order valence-corrected chi connectivity index (χ2v) is 9.68. The van der Waals surface area contributed by atoms with Gasteiger partial charge in [-0.1, -0.05) is 41.0 Å². The summed E-state index contributed by atoms with van der Waals surface area (Å²) in [6, 6.07) is 12.8. The van der Waals surface area contributed by atoms with Crippen molar-refractivity contribution in [1.29, 1.82) is 0 Å². The van der Waals surface area contributed by atoms with Gasteiger partial charge in [0, 0.05) is 27.0 Å². The van der Waals surface area contributed by atoms with Crippen molar-refractivity contribution < 1.29 is 9.53 Å². The van der Waals surface area contributed by atoms with Crippen LogP contribution in [0.5, 0.6) is 5.75 Å². The fraction of sp³-hybridized carbons (Fsp3) is 0.182. The zero-order valence-electron chi connectivity index (χ0n) is 17.2. The second kappa shape index (κ2) is 11.8. The summed E-state index contributed by atoms with van der Waals surface area (Å²) < 4.78 is 6.78. The van der Waals surface area contributed by atoms with Gasteiger partial charge in [-0.15, -0.1) is 0 Å². The van der Waals surface area contributed by atoms with Crippen LogP contribution in [0.25, 0.3) is 0 Å². The molecule has 3 rings (SSSR count). The van der Waals surface area contributed by atoms with Gasteiger partial charge in [-0.25, -0.2) is 15.4 Å². The highest BCUT2D eigenvalue weighted by Gasteiger charge is 2.07. The number of aryl methyl sites for hydroxylation is 2. The van der Waals surface area contributed by atoms with Crippen molar-refractivity contribution >= 4 is 69.7 Å². The Morgan fingerprint density at radius 3 is 2.59 bits per heavy atom. The Morgan fingerprint density at radius 1 is 1.16 bits per heavy atom. The Labute approximate surface area is 214 Å². The van der Waals surface area contributed by atoms with Crippen LogP contribution in [0, 0.1) is 17.4 Å². The minimum atomic E-state index is -0.233. The van der Waals surface area contributed by atoms with Crippen LogP contribution in [-0.4, -0.2) is 27.8 Å². The van der Waals surface area contributed by atoms with Crippen LogP contribution >= 0.6 is 57.6 Å². The SMILES string of the molecule is Cc1cc(C)nc(SCC(=O)N/N=C\c2ccc(OCc3ccc(Cl)cc3Cl)c(I)c2)n1. The van der Waals surface area contributed by atoms with Gasteiger partial charge in [-0.05, 0) is 78.4 Å². The molecule has 1 heterocycles. The van der Waals surface area contributed by atoms with Gasteiger partial charge in [0.2, 0.25) is 0 Å². The second-order valence-electron chi connectivity index (χ2n) is 6.73. The number of nitrogens with zero attached hydrogens (tertiary/aromatic N) is 3. The van der Waals surface area contributed by atoms with Crippen molar-refractivity contribution in [2.24, 2.45) is 5.10 Å². The molecule has 10 heteroatoms. The van der Waals surface area contributed by atoms with Gasteiger partial charge in [0.1, 0.15) is 12.4 Å². The predicted octanol–water partition coefficient (Wildman–Crippen LogP) is 5.83. The topological polar surface area (TPSA) is 76.5 Å². The van der Waals surface area contributed by atoms with Gasteiger partial charge in [-0.2, -0.15) is 5.10 Å². The number of hydrazone groups is 1. The first kappa shape index (κ1) is 24.8. The molecule has 0 aliphatic heterocycles. The maximum atomic E-state index is 12.0. The largest absolute Gasteiger partial charge is 0.488 e. The number of amides is 1. The van der Waals surface area contributed by atoms with Crippen LogP contribution in [0.3, 0.4) is 0 Å². The van der Waals surface area contributed by atoms with E-state index in [1.54, 1.807) is 18.3 Å². The lowest BCUT2D eigenvalue weighted by Gasteiger charge is -2.10. The number of nitrogens with one attached hydrogen (secondary N) is 1. The molecule has 1 N–H and O–H groups in total. The maximum absolute atomic E-state index is 12.0. The number of carbonyl (C=O) groups is 1. The first-order chi connectivity index (χ1) is 15.3.